The predicted molar refractivity (Wildman–Crippen MR) is 603 cm³/mol. The third-order valence-corrected chi connectivity index (χ3v) is 51.6. The summed E-state index contributed by atoms with van der Waals surface area (Å²) in [5.74, 6) is -0.0893. The summed E-state index contributed by atoms with van der Waals surface area (Å²) in [5, 5.41) is 41.0. The third kappa shape index (κ3) is 31.1. The van der Waals surface area contributed by atoms with E-state index < -0.39 is 23.4 Å². The maximum absolute atomic E-state index is 10.8. The van der Waals surface area contributed by atoms with E-state index in [0.717, 1.165) is 46.7 Å². The predicted octanol–water partition coefficient (Wildman–Crippen LogP) is 37.2. The van der Waals surface area contributed by atoms with Gasteiger partial charge in [-0.1, -0.05) is 89.6 Å². The molecule has 0 amide bonds. The van der Waals surface area contributed by atoms with Crippen molar-refractivity contribution in [2.75, 3.05) is 0 Å². The van der Waals surface area contributed by atoms with Crippen LogP contribution in [0.15, 0.2) is 177 Å². The quantitative estimate of drug-likeness (QED) is 0.0305. The Hall–Kier alpha value is -4.91. The number of halogens is 5. The number of nitro benzene ring substituents is 2. The van der Waals surface area contributed by atoms with Crippen molar-refractivity contribution in [2.24, 2.45) is 9.98 Å². The molecule has 9 saturated carbocycles. The number of hydrogen-bond acceptors (Lipinski definition) is 8. The normalized spacial score (nSPS) is 19.5. The topological polar surface area (TPSA) is 151 Å². The van der Waals surface area contributed by atoms with Crippen molar-refractivity contribution < 1.29 is 49.3 Å². The van der Waals surface area contributed by atoms with E-state index in [4.69, 9.17) is 29.1 Å². The van der Waals surface area contributed by atoms with Crippen LogP contribution in [0, 0.1) is 75.6 Å². The van der Waals surface area contributed by atoms with E-state index in [1.165, 1.54) is 171 Å². The molecule has 8 aromatic carbocycles. The fourth-order valence-corrected chi connectivity index (χ4v) is 46.3. The van der Waals surface area contributed by atoms with Crippen molar-refractivity contribution in [3.63, 3.8) is 0 Å². The van der Waals surface area contributed by atoms with Gasteiger partial charge >= 0.3 is 258 Å². The molecule has 747 valence electrons. The second-order valence-electron chi connectivity index (χ2n) is 41.5. The summed E-state index contributed by atoms with van der Waals surface area (Å²) >= 11 is 4.67. The molecule has 11 aliphatic rings. The molecule has 138 heavy (non-hydrogen) atoms. The van der Waals surface area contributed by atoms with Gasteiger partial charge in [-0.3, -0.25) is 30.2 Å². The first kappa shape index (κ1) is 110. The molecule has 0 aliphatic heterocycles. The van der Waals surface area contributed by atoms with Crippen LogP contribution in [-0.2, 0) is 29.2 Å². The Kier molecular flexibility index (Phi) is 45.3. The van der Waals surface area contributed by atoms with Crippen LogP contribution in [0.25, 0.3) is 11.1 Å². The molecule has 10 nitrogen and oxygen atoms in total. The Balaban J connectivity index is 0.000000136. The number of phenolic OH excluding ortho intramolecular Hbond substituents is 2. The number of hydrogen-bond donors (Lipinski definition) is 2. The van der Waals surface area contributed by atoms with E-state index in [1.54, 1.807) is 289 Å². The second-order valence-corrected chi connectivity index (χ2v) is 61.5. The van der Waals surface area contributed by atoms with E-state index >= 15 is 0 Å². The van der Waals surface area contributed by atoms with Gasteiger partial charge in [-0.05, 0) is 317 Å². The van der Waals surface area contributed by atoms with E-state index in [9.17, 15) is 30.4 Å². The summed E-state index contributed by atoms with van der Waals surface area (Å²) < 4.78 is 4.38. The molecule has 2 N–H and O–H groups in total. The first-order valence-corrected chi connectivity index (χ1v) is 68.1. The van der Waals surface area contributed by atoms with E-state index in [-0.39, 0.29) is 62.3 Å². The van der Waals surface area contributed by atoms with Crippen LogP contribution in [0.1, 0.15) is 378 Å². The summed E-state index contributed by atoms with van der Waals surface area (Å²) in [6, 6.07) is 45.3. The molecular formula is C118H156Br2Cl3N4O6P3Ru2+3. The summed E-state index contributed by atoms with van der Waals surface area (Å²) in [4.78, 5) is 29.2. The zero-order valence-electron chi connectivity index (χ0n) is 83.6. The van der Waals surface area contributed by atoms with Gasteiger partial charge in [0.15, 0.2) is 0 Å². The van der Waals surface area contributed by atoms with Gasteiger partial charge in [0.2, 0.25) is 0 Å². The van der Waals surface area contributed by atoms with Crippen LogP contribution in [-0.4, -0.2) is 91.6 Å². The number of nitrogens with zero attached hydrogens (tertiary/aromatic N) is 4. The van der Waals surface area contributed by atoms with Gasteiger partial charge in [0.05, 0.1) is 72.2 Å². The number of aryl methyl sites for hydroxylation is 8. The van der Waals surface area contributed by atoms with Gasteiger partial charge in [-0.2, -0.15) is 0 Å². The molecule has 0 saturated heterocycles. The Bertz CT molecular complexity index is 5100. The number of non-ortho nitro benzene ring substituents is 2. The van der Waals surface area contributed by atoms with Gasteiger partial charge in [0.1, 0.15) is 11.5 Å². The zero-order chi connectivity index (χ0) is 97.6. The zero-order valence-corrected chi connectivity index (χ0v) is 95.5. The minimum absolute atomic E-state index is 0.0447. The third-order valence-electron chi connectivity index (χ3n) is 31.9. The Morgan fingerprint density at radius 3 is 0.862 bits per heavy atom. The molecule has 20 heteroatoms. The average molecular weight is 2290 g/mol. The molecule has 0 aromatic heterocycles. The minimum atomic E-state index is -1.92. The van der Waals surface area contributed by atoms with Gasteiger partial charge in [-0.15, -0.1) is 0 Å². The standard InChI is InChI=1S/3C18H33P.2C17H14.2C15H13BrN2O3.3ClH.2Ru/c3*1-4-10-16(11-5-1)19(17-12-6-2-7-13-17)18-14-8-3-9-15-18;2*1-12-6-3-4-9-15(12)16-11-10-14-8-5-7-13(2)17(14)16;2*1-9-5-12(16)6-10(2)15(9)17-8-11-7-13(18(20)21)3-4-14(11)19;;;;;/h3*16-18H,1-15H2;2*3-9,11H,1-2H3;2*3-8,19H,1-2H3;3*1H;;/q;;;;;;;;;;+1;+2. The van der Waals surface area contributed by atoms with Crippen molar-refractivity contribution in [3.8, 4) is 11.5 Å². The Morgan fingerprint density at radius 2 is 0.594 bits per heavy atom. The molecule has 8 aromatic rings. The van der Waals surface area contributed by atoms with Gasteiger partial charge in [0.25, 0.3) is 11.4 Å². The molecule has 0 heterocycles. The molecule has 0 radical (unpaired) electrons. The number of allylic oxidation sites excluding steroid dienone is 2. The van der Waals surface area contributed by atoms with E-state index in [1.807, 2.05) is 52.0 Å². The van der Waals surface area contributed by atoms with Crippen LogP contribution in [0.5, 0.6) is 11.5 Å². The van der Waals surface area contributed by atoms with Crippen molar-refractivity contribution >= 4 is 139 Å². The summed E-state index contributed by atoms with van der Waals surface area (Å²) in [6.07, 6.45) is 78.7. The molecule has 0 unspecified atom stereocenters. The van der Waals surface area contributed by atoms with E-state index in [2.05, 4.69) is 167 Å². The van der Waals surface area contributed by atoms with Crippen LogP contribution < -0.4 is 0 Å². The SMILES string of the molecule is C1CCC([PH+](C2CCCCC2)C2CCCCC2)CC1.C1CCC([PH+](C2CCCCC2)C2CCCCC2)CC1.C1CCC([PH+](C2CCCCC2)C2CCCCC2)CC1.Cc1cc(Br)cc(C)c1N=Cc1cc([N+](=O)[O-])ccc1O.Cc1cc(Br)cc(C)c1N=Cc1cc([N+](=O)[O-])ccc1O.Cc1ccccc1C1=C[C](=[Ru]([Cl])[Cl])c2cccc(C)c21.Cc1ccccc1C1=C[C](=[Ru][Cl])c2cccc(C)c21. The number of fused-ring (bicyclic) bond motifs is 2. The second kappa shape index (κ2) is 56.7. The van der Waals surface area contributed by atoms with Crippen LogP contribution in [0.3, 0.4) is 0 Å². The van der Waals surface area contributed by atoms with Crippen LogP contribution >= 0.6 is 84.7 Å². The number of rotatable bonds is 17. The molecule has 0 bridgehead atoms. The molecule has 19 rings (SSSR count). The Morgan fingerprint density at radius 1 is 0.341 bits per heavy atom. The Labute approximate surface area is 873 Å². The number of phenols is 2. The monoisotopic (exact) mass is 2280 g/mol. The van der Waals surface area contributed by atoms with Crippen LogP contribution in [0.2, 0.25) is 0 Å². The number of benzene rings is 8. The van der Waals surface area contributed by atoms with Crippen molar-refractivity contribution in [1.29, 1.82) is 0 Å². The molecule has 0 atom stereocenters. The van der Waals surface area contributed by atoms with Crippen LogP contribution in [0.4, 0.5) is 22.7 Å². The summed E-state index contributed by atoms with van der Waals surface area (Å²) in [6.45, 7) is 16.3. The molecule has 11 aliphatic carbocycles. The van der Waals surface area contributed by atoms with Crippen molar-refractivity contribution in [2.45, 2.75) is 395 Å². The van der Waals surface area contributed by atoms with Crippen molar-refractivity contribution in [3.05, 3.63) is 276 Å². The number of aromatic hydroxyl groups is 2. The van der Waals surface area contributed by atoms with Crippen molar-refractivity contribution in [1.82, 2.24) is 0 Å². The number of aliphatic imine (C=N–C) groups is 2. The molecule has 0 spiro atoms. The van der Waals surface area contributed by atoms with Gasteiger partial charge < -0.3 is 10.2 Å². The molecule has 9 fully saturated rings. The van der Waals surface area contributed by atoms with E-state index in [0.29, 0.717) is 11.1 Å². The summed E-state index contributed by atoms with van der Waals surface area (Å²) in [7, 11) is 18.6. The number of nitro groups is 2. The molecular weight excluding hydrogens is 2130 g/mol. The maximum atomic E-state index is 10.8. The fraction of sp³-hybridized carbons (Fsp3) is 0.525. The first-order valence-electron chi connectivity index (χ1n) is 52.8. The first-order chi connectivity index (χ1) is 66.9. The van der Waals surface area contributed by atoms with Gasteiger partial charge in [0, 0.05) is 80.5 Å². The average Bonchev–Trinajstić information content (AvgIpc) is 1.63. The fourth-order valence-electron chi connectivity index (χ4n) is 25.2. The van der Waals surface area contributed by atoms with Gasteiger partial charge in [-0.25, -0.2) is 0 Å². The summed E-state index contributed by atoms with van der Waals surface area (Å²) in [5.41, 5.74) is 32.5.